The molecule has 1 aliphatic rings. The number of likely N-dealkylation sites (tertiary alicyclic amines) is 1. The number of hydrogen-bond acceptors (Lipinski definition) is 3. The van der Waals surface area contributed by atoms with E-state index in [9.17, 15) is 4.79 Å². The molecular formula is C18H28N4O2. The Morgan fingerprint density at radius 1 is 1.29 bits per heavy atom. The standard InChI is InChI=1S/C18H28N4O2/c1-3-19-18(21-14-17(23)22-11-4-5-12-22)20-10-9-15-7-6-8-16(13-15)24-2/h6-8,13H,3-5,9-12,14H2,1-2H3,(H2,19,20,21). The van der Waals surface area contributed by atoms with E-state index in [0.717, 1.165) is 51.2 Å². The fraction of sp³-hybridized carbons (Fsp3) is 0.556. The molecule has 6 heteroatoms. The van der Waals surface area contributed by atoms with E-state index in [1.807, 2.05) is 30.0 Å². The lowest BCUT2D eigenvalue weighted by atomic mass is 10.1. The van der Waals surface area contributed by atoms with E-state index in [2.05, 4.69) is 21.7 Å². The summed E-state index contributed by atoms with van der Waals surface area (Å²) in [7, 11) is 1.67. The second kappa shape index (κ2) is 9.80. The number of guanidine groups is 1. The first-order valence-corrected chi connectivity index (χ1v) is 8.66. The lowest BCUT2D eigenvalue weighted by molar-refractivity contribution is -0.128. The summed E-state index contributed by atoms with van der Waals surface area (Å²) in [6.45, 7) is 5.47. The molecule has 1 aromatic rings. The molecule has 2 N–H and O–H groups in total. The van der Waals surface area contributed by atoms with Crippen molar-refractivity contribution in [2.75, 3.05) is 39.8 Å². The highest BCUT2D eigenvalue weighted by atomic mass is 16.5. The number of benzene rings is 1. The Balaban J connectivity index is 1.81. The van der Waals surface area contributed by atoms with Gasteiger partial charge in [0.25, 0.3) is 0 Å². The molecule has 1 aromatic carbocycles. The number of nitrogens with one attached hydrogen (secondary N) is 2. The van der Waals surface area contributed by atoms with Gasteiger partial charge in [0.05, 0.1) is 7.11 Å². The number of carbonyl (C=O) groups excluding carboxylic acids is 1. The first-order chi connectivity index (χ1) is 11.7. The Bertz CT molecular complexity index is 554. The number of carbonyl (C=O) groups is 1. The third kappa shape index (κ3) is 5.76. The molecule has 2 rings (SSSR count). The van der Waals surface area contributed by atoms with Crippen LogP contribution in [0, 0.1) is 0 Å². The Labute approximate surface area is 144 Å². The number of nitrogens with zero attached hydrogens (tertiary/aromatic N) is 2. The molecule has 0 aromatic heterocycles. The number of methoxy groups -OCH3 is 1. The van der Waals surface area contributed by atoms with Crippen LogP contribution in [0.1, 0.15) is 25.3 Å². The third-order valence-electron chi connectivity index (χ3n) is 4.02. The predicted molar refractivity (Wildman–Crippen MR) is 96.5 cm³/mol. The predicted octanol–water partition coefficient (Wildman–Crippen LogP) is 1.42. The lowest BCUT2D eigenvalue weighted by Crippen LogP contribution is -2.39. The Morgan fingerprint density at radius 3 is 2.79 bits per heavy atom. The largest absolute Gasteiger partial charge is 0.497 e. The monoisotopic (exact) mass is 332 g/mol. The Hall–Kier alpha value is -2.24. The van der Waals surface area contributed by atoms with Crippen molar-refractivity contribution >= 4 is 11.9 Å². The third-order valence-corrected chi connectivity index (χ3v) is 4.02. The molecule has 0 bridgehead atoms. The number of aliphatic imine (C=N–C) groups is 1. The van der Waals surface area contributed by atoms with Crippen LogP contribution < -0.4 is 15.4 Å². The fourth-order valence-corrected chi connectivity index (χ4v) is 2.71. The van der Waals surface area contributed by atoms with E-state index in [-0.39, 0.29) is 12.5 Å². The summed E-state index contributed by atoms with van der Waals surface area (Å²) in [5, 5.41) is 6.46. The van der Waals surface area contributed by atoms with Crippen LogP contribution in [-0.4, -0.2) is 56.6 Å². The molecule has 0 saturated carbocycles. The first-order valence-electron chi connectivity index (χ1n) is 8.66. The molecule has 0 unspecified atom stereocenters. The van der Waals surface area contributed by atoms with Crippen LogP contribution >= 0.6 is 0 Å². The zero-order valence-corrected chi connectivity index (χ0v) is 14.7. The minimum atomic E-state index is 0.109. The summed E-state index contributed by atoms with van der Waals surface area (Å²) < 4.78 is 5.24. The molecule has 0 atom stereocenters. The lowest BCUT2D eigenvalue weighted by Gasteiger charge is -2.15. The van der Waals surface area contributed by atoms with Crippen molar-refractivity contribution in [2.45, 2.75) is 26.2 Å². The molecule has 24 heavy (non-hydrogen) atoms. The molecule has 1 fully saturated rings. The van der Waals surface area contributed by atoms with Gasteiger partial charge in [0.2, 0.25) is 5.91 Å². The van der Waals surface area contributed by atoms with Crippen LogP contribution in [0.3, 0.4) is 0 Å². The highest BCUT2D eigenvalue weighted by Gasteiger charge is 2.17. The maximum Gasteiger partial charge on any atom is 0.244 e. The van der Waals surface area contributed by atoms with E-state index in [1.165, 1.54) is 5.56 Å². The highest BCUT2D eigenvalue weighted by Crippen LogP contribution is 2.12. The smallest absolute Gasteiger partial charge is 0.244 e. The van der Waals surface area contributed by atoms with E-state index in [4.69, 9.17) is 4.74 Å². The minimum absolute atomic E-state index is 0.109. The molecule has 1 saturated heterocycles. The average Bonchev–Trinajstić information content (AvgIpc) is 3.14. The van der Waals surface area contributed by atoms with Crippen molar-refractivity contribution in [3.8, 4) is 5.75 Å². The van der Waals surface area contributed by atoms with Gasteiger partial charge < -0.3 is 20.3 Å². The van der Waals surface area contributed by atoms with Crippen molar-refractivity contribution in [3.63, 3.8) is 0 Å². The van der Waals surface area contributed by atoms with E-state index in [1.54, 1.807) is 7.11 Å². The maximum atomic E-state index is 12.1. The highest BCUT2D eigenvalue weighted by molar-refractivity contribution is 5.85. The van der Waals surface area contributed by atoms with Crippen molar-refractivity contribution in [3.05, 3.63) is 29.8 Å². The summed E-state index contributed by atoms with van der Waals surface area (Å²) in [4.78, 5) is 18.4. The SMILES string of the molecule is CCNC(=NCC(=O)N1CCCC1)NCCc1cccc(OC)c1. The second-order valence-electron chi connectivity index (χ2n) is 5.81. The zero-order valence-electron chi connectivity index (χ0n) is 14.7. The second-order valence-corrected chi connectivity index (χ2v) is 5.81. The topological polar surface area (TPSA) is 66.0 Å². The average molecular weight is 332 g/mol. The molecule has 1 aliphatic heterocycles. The summed E-state index contributed by atoms with van der Waals surface area (Å²) in [6, 6.07) is 8.03. The van der Waals surface area contributed by atoms with Gasteiger partial charge in [0.1, 0.15) is 12.3 Å². The number of rotatable bonds is 7. The van der Waals surface area contributed by atoms with Gasteiger partial charge in [-0.25, -0.2) is 4.99 Å². The Morgan fingerprint density at radius 2 is 2.08 bits per heavy atom. The van der Waals surface area contributed by atoms with Crippen LogP contribution in [-0.2, 0) is 11.2 Å². The quantitative estimate of drug-likeness (QED) is 0.585. The van der Waals surface area contributed by atoms with Crippen LogP contribution in [0.25, 0.3) is 0 Å². The summed E-state index contributed by atoms with van der Waals surface area (Å²) in [6.07, 6.45) is 3.07. The molecule has 132 valence electrons. The minimum Gasteiger partial charge on any atom is -0.497 e. The van der Waals surface area contributed by atoms with Gasteiger partial charge in [-0.3, -0.25) is 4.79 Å². The van der Waals surface area contributed by atoms with Crippen LogP contribution in [0.15, 0.2) is 29.3 Å². The first kappa shape index (κ1) is 18.1. The van der Waals surface area contributed by atoms with Gasteiger partial charge in [-0.15, -0.1) is 0 Å². The number of ether oxygens (including phenoxy) is 1. The molecule has 0 aliphatic carbocycles. The van der Waals surface area contributed by atoms with Gasteiger partial charge in [0.15, 0.2) is 5.96 Å². The van der Waals surface area contributed by atoms with Crippen molar-refractivity contribution in [1.29, 1.82) is 0 Å². The molecule has 1 amide bonds. The van der Waals surface area contributed by atoms with Crippen LogP contribution in [0.2, 0.25) is 0 Å². The van der Waals surface area contributed by atoms with Crippen LogP contribution in [0.5, 0.6) is 5.75 Å². The van der Waals surface area contributed by atoms with Crippen molar-refractivity contribution < 1.29 is 9.53 Å². The molecular weight excluding hydrogens is 304 g/mol. The maximum absolute atomic E-state index is 12.1. The van der Waals surface area contributed by atoms with Crippen molar-refractivity contribution in [1.82, 2.24) is 15.5 Å². The van der Waals surface area contributed by atoms with Gasteiger partial charge in [-0.05, 0) is 43.9 Å². The normalized spacial score (nSPS) is 14.6. The fourth-order valence-electron chi connectivity index (χ4n) is 2.71. The van der Waals surface area contributed by atoms with E-state index in [0.29, 0.717) is 5.96 Å². The van der Waals surface area contributed by atoms with Gasteiger partial charge in [-0.2, -0.15) is 0 Å². The van der Waals surface area contributed by atoms with Crippen molar-refractivity contribution in [2.24, 2.45) is 4.99 Å². The molecule has 1 heterocycles. The van der Waals surface area contributed by atoms with Crippen LogP contribution in [0.4, 0.5) is 0 Å². The van der Waals surface area contributed by atoms with Gasteiger partial charge in [0, 0.05) is 26.2 Å². The molecule has 6 nitrogen and oxygen atoms in total. The summed E-state index contributed by atoms with van der Waals surface area (Å²) in [5.74, 6) is 1.66. The van der Waals surface area contributed by atoms with Gasteiger partial charge in [-0.1, -0.05) is 12.1 Å². The van der Waals surface area contributed by atoms with Gasteiger partial charge >= 0.3 is 0 Å². The zero-order chi connectivity index (χ0) is 17.2. The number of amides is 1. The molecule has 0 radical (unpaired) electrons. The Kier molecular flexibility index (Phi) is 7.39. The van der Waals surface area contributed by atoms with E-state index >= 15 is 0 Å². The molecule has 0 spiro atoms. The van der Waals surface area contributed by atoms with E-state index < -0.39 is 0 Å². The summed E-state index contributed by atoms with van der Waals surface area (Å²) in [5.41, 5.74) is 1.20. The summed E-state index contributed by atoms with van der Waals surface area (Å²) >= 11 is 0. The number of hydrogen-bond donors (Lipinski definition) is 2.